The van der Waals surface area contributed by atoms with Crippen LogP contribution in [0.4, 0.5) is 0 Å². The quantitative estimate of drug-likeness (QED) is 0.344. The maximum atomic E-state index is 12.3. The van der Waals surface area contributed by atoms with Crippen molar-refractivity contribution in [1.82, 2.24) is 9.55 Å². The van der Waals surface area contributed by atoms with Gasteiger partial charge in [0.2, 0.25) is 0 Å². The number of carbonyl (C=O) groups is 1. The maximum Gasteiger partial charge on any atom is 0.469 e. The molecule has 3 atom stereocenters. The fraction of sp³-hybridized carbons (Fsp3) is 0.353. The van der Waals surface area contributed by atoms with Gasteiger partial charge in [0.25, 0.3) is 5.56 Å². The zero-order chi connectivity index (χ0) is 22.1. The number of nitrogens with zero attached hydrogens (tertiary/aromatic N) is 1. The zero-order valence-electron chi connectivity index (χ0n) is 15.6. The number of phosphoric acid groups is 1. The average molecular weight is 442 g/mol. The number of hydrogen-bond acceptors (Lipinski definition) is 8. The third-order valence-corrected chi connectivity index (χ3v) is 4.99. The minimum atomic E-state index is -4.75. The van der Waals surface area contributed by atoms with Gasteiger partial charge in [-0.15, -0.1) is 0 Å². The Morgan fingerprint density at radius 3 is 2.57 bits per heavy atom. The lowest BCUT2D eigenvalue weighted by atomic mass is 10.1. The molecule has 1 aromatic carbocycles. The maximum absolute atomic E-state index is 12.3. The molecule has 30 heavy (non-hydrogen) atoms. The van der Waals surface area contributed by atoms with Crippen LogP contribution in [0.5, 0.6) is 0 Å². The van der Waals surface area contributed by atoms with E-state index >= 15 is 0 Å². The van der Waals surface area contributed by atoms with Crippen molar-refractivity contribution in [1.29, 1.82) is 0 Å². The first-order valence-corrected chi connectivity index (χ1v) is 10.2. The molecule has 3 unspecified atom stereocenters. The normalized spacial score (nSPS) is 21.5. The Kier molecular flexibility index (Phi) is 6.36. The number of methoxy groups -OCH3 is 1. The summed E-state index contributed by atoms with van der Waals surface area (Å²) in [4.78, 5) is 55.8. The van der Waals surface area contributed by atoms with Gasteiger partial charge in [-0.1, -0.05) is 12.1 Å². The van der Waals surface area contributed by atoms with Crippen LogP contribution in [0.25, 0.3) is 11.1 Å². The number of aromatic nitrogens is 2. The molecular formula is C17H19N2O10P. The number of rotatable bonds is 6. The molecule has 0 spiro atoms. The van der Waals surface area contributed by atoms with Crippen LogP contribution >= 0.6 is 7.82 Å². The van der Waals surface area contributed by atoms with E-state index < -0.39 is 50.1 Å². The molecule has 3 rings (SSSR count). The minimum Gasteiger partial charge on any atom is -0.465 e. The summed E-state index contributed by atoms with van der Waals surface area (Å²) in [5.74, 6) is -0.544. The van der Waals surface area contributed by atoms with Crippen molar-refractivity contribution < 1.29 is 38.3 Å². The number of phosphoric ester groups is 1. The highest BCUT2D eigenvalue weighted by Crippen LogP contribution is 2.38. The van der Waals surface area contributed by atoms with Gasteiger partial charge in [0.1, 0.15) is 12.3 Å². The van der Waals surface area contributed by atoms with Crippen molar-refractivity contribution in [2.75, 3.05) is 13.7 Å². The lowest BCUT2D eigenvalue weighted by molar-refractivity contribution is -0.0450. The summed E-state index contributed by atoms with van der Waals surface area (Å²) >= 11 is 0. The van der Waals surface area contributed by atoms with E-state index in [1.807, 2.05) is 0 Å². The van der Waals surface area contributed by atoms with Crippen LogP contribution in [0, 0.1) is 0 Å². The molecule has 0 radical (unpaired) electrons. The van der Waals surface area contributed by atoms with Crippen molar-refractivity contribution in [3.63, 3.8) is 0 Å². The van der Waals surface area contributed by atoms with Gasteiger partial charge in [-0.2, -0.15) is 0 Å². The minimum absolute atomic E-state index is 0.0676. The summed E-state index contributed by atoms with van der Waals surface area (Å²) in [6, 6.07) is 5.93. The van der Waals surface area contributed by atoms with E-state index in [-0.39, 0.29) is 17.5 Å². The first kappa shape index (κ1) is 22.1. The Bertz CT molecular complexity index is 1090. The second kappa shape index (κ2) is 8.64. The number of hydrogen-bond donors (Lipinski definition) is 4. The fourth-order valence-electron chi connectivity index (χ4n) is 3.02. The number of ether oxygens (including phenoxy) is 2. The van der Waals surface area contributed by atoms with Crippen LogP contribution in [0.15, 0.2) is 40.1 Å². The van der Waals surface area contributed by atoms with Gasteiger partial charge in [0, 0.05) is 12.6 Å². The molecule has 1 aromatic heterocycles. The van der Waals surface area contributed by atoms with Crippen LogP contribution < -0.4 is 11.2 Å². The Morgan fingerprint density at radius 1 is 1.30 bits per heavy atom. The molecule has 1 aliphatic rings. The molecule has 0 bridgehead atoms. The third-order valence-electron chi connectivity index (χ3n) is 4.51. The van der Waals surface area contributed by atoms with Crippen LogP contribution in [0.2, 0.25) is 0 Å². The monoisotopic (exact) mass is 442 g/mol. The second-order valence-electron chi connectivity index (χ2n) is 6.50. The SMILES string of the molecule is COC(=O)c1ccc(-c2cn(C3CC(O)C(COP(=O)(O)O)O3)c(=O)[nH]c2=O)cc1. The molecule has 0 saturated carbocycles. The standard InChI is InChI=1S/C17H19N2O10P/c1-27-16(22)10-4-2-9(3-5-10)11-7-19(17(23)18-15(11)21)14-6-12(20)13(29-14)8-28-30(24,25)26/h2-5,7,12-14,20H,6,8H2,1H3,(H,18,21,23)(H2,24,25,26). The van der Waals surface area contributed by atoms with Crippen LogP contribution in [-0.2, 0) is 18.6 Å². The van der Waals surface area contributed by atoms with Crippen molar-refractivity contribution in [3.05, 3.63) is 56.9 Å². The molecule has 1 saturated heterocycles. The third kappa shape index (κ3) is 4.93. The van der Waals surface area contributed by atoms with Gasteiger partial charge in [-0.25, -0.2) is 14.2 Å². The molecule has 0 aliphatic carbocycles. The van der Waals surface area contributed by atoms with Crippen LogP contribution in [0.3, 0.4) is 0 Å². The summed E-state index contributed by atoms with van der Waals surface area (Å²) in [6.07, 6.45) is -2.05. The number of aromatic amines is 1. The first-order valence-electron chi connectivity index (χ1n) is 8.67. The number of aliphatic hydroxyl groups is 1. The van der Waals surface area contributed by atoms with E-state index in [0.29, 0.717) is 5.56 Å². The number of H-pyrrole nitrogens is 1. The summed E-state index contributed by atoms with van der Waals surface area (Å²) in [5.41, 5.74) is -0.650. The van der Waals surface area contributed by atoms with Crippen molar-refractivity contribution in [3.8, 4) is 11.1 Å². The van der Waals surface area contributed by atoms with Gasteiger partial charge in [0.05, 0.1) is 30.9 Å². The summed E-state index contributed by atoms with van der Waals surface area (Å²) in [5, 5.41) is 10.1. The van der Waals surface area contributed by atoms with Gasteiger partial charge in [-0.05, 0) is 17.7 Å². The summed E-state index contributed by atoms with van der Waals surface area (Å²) in [7, 11) is -3.51. The fourth-order valence-corrected chi connectivity index (χ4v) is 3.36. The van der Waals surface area contributed by atoms with E-state index in [2.05, 4.69) is 14.2 Å². The van der Waals surface area contributed by atoms with Crippen molar-refractivity contribution >= 4 is 13.8 Å². The Morgan fingerprint density at radius 2 is 1.97 bits per heavy atom. The van der Waals surface area contributed by atoms with E-state index in [9.17, 15) is 24.1 Å². The van der Waals surface area contributed by atoms with Gasteiger partial charge in [-0.3, -0.25) is 18.9 Å². The number of carbonyl (C=O) groups excluding carboxylic acids is 1. The Hall–Kier alpha value is -2.60. The predicted octanol–water partition coefficient (Wildman–Crippen LogP) is -0.252. The molecule has 4 N–H and O–H groups in total. The van der Waals surface area contributed by atoms with Gasteiger partial charge in [0.15, 0.2) is 0 Å². The molecule has 162 valence electrons. The van der Waals surface area contributed by atoms with E-state index in [4.69, 9.17) is 14.5 Å². The van der Waals surface area contributed by atoms with Gasteiger partial charge >= 0.3 is 19.5 Å². The number of nitrogens with one attached hydrogen (secondary N) is 1. The largest absolute Gasteiger partial charge is 0.469 e. The summed E-state index contributed by atoms with van der Waals surface area (Å²) < 4.78 is 26.4. The number of aliphatic hydroxyl groups excluding tert-OH is 1. The van der Waals surface area contributed by atoms with E-state index in [0.717, 1.165) is 4.57 Å². The highest BCUT2D eigenvalue weighted by molar-refractivity contribution is 7.46. The Labute approximate surface area is 168 Å². The number of esters is 1. The van der Waals surface area contributed by atoms with E-state index in [1.54, 1.807) is 0 Å². The van der Waals surface area contributed by atoms with Crippen LogP contribution in [-0.4, -0.2) is 56.3 Å². The Balaban J connectivity index is 1.87. The van der Waals surface area contributed by atoms with Crippen LogP contribution in [0.1, 0.15) is 23.0 Å². The molecule has 13 heteroatoms. The molecule has 1 aliphatic heterocycles. The lowest BCUT2D eigenvalue weighted by Crippen LogP contribution is -2.33. The molecule has 1 fully saturated rings. The average Bonchev–Trinajstić information content (AvgIpc) is 3.06. The number of benzene rings is 1. The smallest absolute Gasteiger partial charge is 0.465 e. The molecule has 2 aromatic rings. The molecule has 0 amide bonds. The van der Waals surface area contributed by atoms with Gasteiger partial charge < -0.3 is 24.4 Å². The van der Waals surface area contributed by atoms with E-state index in [1.165, 1.54) is 37.6 Å². The predicted molar refractivity (Wildman–Crippen MR) is 101 cm³/mol. The van der Waals surface area contributed by atoms with Crippen molar-refractivity contribution in [2.45, 2.75) is 24.9 Å². The summed E-state index contributed by atoms with van der Waals surface area (Å²) in [6.45, 7) is -0.581. The van der Waals surface area contributed by atoms with Crippen molar-refractivity contribution in [2.24, 2.45) is 0 Å². The second-order valence-corrected chi connectivity index (χ2v) is 7.74. The first-order chi connectivity index (χ1) is 14.1. The molecular weight excluding hydrogens is 423 g/mol. The molecule has 2 heterocycles. The highest BCUT2D eigenvalue weighted by Gasteiger charge is 2.37. The highest BCUT2D eigenvalue weighted by atomic mass is 31.2. The topological polar surface area (TPSA) is 177 Å². The zero-order valence-corrected chi connectivity index (χ0v) is 16.5. The lowest BCUT2D eigenvalue weighted by Gasteiger charge is -2.17. The molecule has 12 nitrogen and oxygen atoms in total.